The van der Waals surface area contributed by atoms with E-state index in [2.05, 4.69) is 20.6 Å². The number of thiocarbonyl (C=S) groups is 1. The molecule has 0 aromatic carbocycles. The van der Waals surface area contributed by atoms with Gasteiger partial charge in [-0.3, -0.25) is 4.98 Å². The summed E-state index contributed by atoms with van der Waals surface area (Å²) >= 11 is 5.21. The number of aryl methyl sites for hydroxylation is 1. The van der Waals surface area contributed by atoms with Crippen LogP contribution in [0.15, 0.2) is 42.9 Å². The second-order valence-corrected chi connectivity index (χ2v) is 4.25. The molecule has 0 radical (unpaired) electrons. The average Bonchev–Trinajstić information content (AvgIpc) is 2.40. The van der Waals surface area contributed by atoms with Gasteiger partial charge in [0.25, 0.3) is 0 Å². The van der Waals surface area contributed by atoms with Crippen LogP contribution in [-0.2, 0) is 6.54 Å². The summed E-state index contributed by atoms with van der Waals surface area (Å²) in [6.45, 7) is 2.63. The summed E-state index contributed by atoms with van der Waals surface area (Å²) in [4.78, 5) is 8.27. The lowest BCUT2D eigenvalue weighted by atomic mass is 10.3. The molecule has 2 aromatic heterocycles. The van der Waals surface area contributed by atoms with Gasteiger partial charge >= 0.3 is 0 Å². The molecule has 0 aliphatic rings. The van der Waals surface area contributed by atoms with Gasteiger partial charge < -0.3 is 10.6 Å². The standard InChI is InChI=1S/C13H14N4S/c1-10-4-2-7-15-12(10)17-13(18)16-9-11-5-3-6-14-8-11/h2-8H,9H2,1H3,(H2,15,16,17,18). The van der Waals surface area contributed by atoms with Gasteiger partial charge in [0.05, 0.1) is 0 Å². The Morgan fingerprint density at radius 2 is 2.11 bits per heavy atom. The molecule has 0 aliphatic carbocycles. The van der Waals surface area contributed by atoms with E-state index in [9.17, 15) is 0 Å². The number of nitrogens with zero attached hydrogens (tertiary/aromatic N) is 2. The van der Waals surface area contributed by atoms with Gasteiger partial charge in [-0.15, -0.1) is 0 Å². The number of hydrogen-bond acceptors (Lipinski definition) is 3. The fourth-order valence-electron chi connectivity index (χ4n) is 1.45. The zero-order valence-corrected chi connectivity index (χ0v) is 10.9. The van der Waals surface area contributed by atoms with E-state index in [0.717, 1.165) is 16.9 Å². The molecule has 5 heteroatoms. The highest BCUT2D eigenvalue weighted by atomic mass is 32.1. The molecule has 18 heavy (non-hydrogen) atoms. The molecule has 4 nitrogen and oxygen atoms in total. The molecule has 2 rings (SSSR count). The highest BCUT2D eigenvalue weighted by Gasteiger charge is 2.01. The summed E-state index contributed by atoms with van der Waals surface area (Å²) in [5.74, 6) is 0.779. The van der Waals surface area contributed by atoms with Gasteiger partial charge in [0.2, 0.25) is 0 Å². The van der Waals surface area contributed by atoms with Crippen LogP contribution in [0.25, 0.3) is 0 Å². The van der Waals surface area contributed by atoms with Crippen molar-refractivity contribution in [3.05, 3.63) is 54.0 Å². The summed E-state index contributed by atoms with van der Waals surface area (Å²) in [6, 6.07) is 7.77. The molecule has 0 spiro atoms. The number of rotatable bonds is 3. The van der Waals surface area contributed by atoms with Crippen LogP contribution >= 0.6 is 12.2 Å². The highest BCUT2D eigenvalue weighted by molar-refractivity contribution is 7.80. The lowest BCUT2D eigenvalue weighted by molar-refractivity contribution is 0.915. The van der Waals surface area contributed by atoms with Crippen molar-refractivity contribution in [2.75, 3.05) is 5.32 Å². The predicted octanol–water partition coefficient (Wildman–Crippen LogP) is 2.27. The van der Waals surface area contributed by atoms with Gasteiger partial charge in [-0.1, -0.05) is 12.1 Å². The van der Waals surface area contributed by atoms with Crippen molar-refractivity contribution in [3.63, 3.8) is 0 Å². The van der Waals surface area contributed by atoms with E-state index in [1.807, 2.05) is 37.4 Å². The maximum absolute atomic E-state index is 5.21. The molecular formula is C13H14N4S. The Kier molecular flexibility index (Phi) is 4.20. The van der Waals surface area contributed by atoms with Crippen LogP contribution in [0.4, 0.5) is 5.82 Å². The summed E-state index contributed by atoms with van der Waals surface area (Å²) in [5, 5.41) is 6.74. The third kappa shape index (κ3) is 3.49. The van der Waals surface area contributed by atoms with Crippen molar-refractivity contribution in [3.8, 4) is 0 Å². The fourth-order valence-corrected chi connectivity index (χ4v) is 1.62. The largest absolute Gasteiger partial charge is 0.358 e. The maximum atomic E-state index is 5.21. The van der Waals surface area contributed by atoms with Crippen LogP contribution in [0.3, 0.4) is 0 Å². The van der Waals surface area contributed by atoms with Crippen molar-refractivity contribution < 1.29 is 0 Å². The van der Waals surface area contributed by atoms with Crippen LogP contribution in [0.5, 0.6) is 0 Å². The molecular weight excluding hydrogens is 244 g/mol. The minimum Gasteiger partial charge on any atom is -0.358 e. The van der Waals surface area contributed by atoms with Crippen molar-refractivity contribution in [2.45, 2.75) is 13.5 Å². The first-order valence-corrected chi connectivity index (χ1v) is 6.02. The first-order chi connectivity index (χ1) is 8.75. The molecule has 2 aromatic rings. The van der Waals surface area contributed by atoms with Crippen LogP contribution in [0.2, 0.25) is 0 Å². The van der Waals surface area contributed by atoms with E-state index >= 15 is 0 Å². The Hall–Kier alpha value is -2.01. The van der Waals surface area contributed by atoms with Crippen LogP contribution in [-0.4, -0.2) is 15.1 Å². The minimum absolute atomic E-state index is 0.556. The highest BCUT2D eigenvalue weighted by Crippen LogP contribution is 2.08. The molecule has 0 aliphatic heterocycles. The molecule has 0 unspecified atom stereocenters. The summed E-state index contributed by atoms with van der Waals surface area (Å²) in [7, 11) is 0. The van der Waals surface area contributed by atoms with Crippen molar-refractivity contribution in [1.29, 1.82) is 0 Å². The maximum Gasteiger partial charge on any atom is 0.172 e. The lowest BCUT2D eigenvalue weighted by Crippen LogP contribution is -2.28. The van der Waals surface area contributed by atoms with E-state index in [1.165, 1.54) is 0 Å². The molecule has 2 N–H and O–H groups in total. The van der Waals surface area contributed by atoms with Gasteiger partial charge in [0.15, 0.2) is 5.11 Å². The van der Waals surface area contributed by atoms with Gasteiger partial charge in [0, 0.05) is 25.1 Å². The number of hydrogen-bond donors (Lipinski definition) is 2. The molecule has 0 amide bonds. The quantitative estimate of drug-likeness (QED) is 0.827. The summed E-state index contributed by atoms with van der Waals surface area (Å²) < 4.78 is 0. The van der Waals surface area contributed by atoms with Gasteiger partial charge in [-0.25, -0.2) is 4.98 Å². The molecule has 2 heterocycles. The first kappa shape index (κ1) is 12.4. The molecule has 0 bridgehead atoms. The second kappa shape index (κ2) is 6.07. The SMILES string of the molecule is Cc1cccnc1NC(=S)NCc1cccnc1. The van der Waals surface area contributed by atoms with E-state index < -0.39 is 0 Å². The molecule has 0 saturated carbocycles. The zero-order chi connectivity index (χ0) is 12.8. The third-order valence-corrected chi connectivity index (χ3v) is 2.66. The van der Waals surface area contributed by atoms with E-state index in [-0.39, 0.29) is 0 Å². The Morgan fingerprint density at radius 3 is 2.83 bits per heavy atom. The monoisotopic (exact) mass is 258 g/mol. The fraction of sp³-hybridized carbons (Fsp3) is 0.154. The van der Waals surface area contributed by atoms with Gasteiger partial charge in [0.1, 0.15) is 5.82 Å². The van der Waals surface area contributed by atoms with E-state index in [0.29, 0.717) is 11.7 Å². The number of aromatic nitrogens is 2. The molecule has 92 valence electrons. The molecule has 0 atom stereocenters. The zero-order valence-electron chi connectivity index (χ0n) is 10.1. The van der Waals surface area contributed by atoms with Crippen LogP contribution in [0.1, 0.15) is 11.1 Å². The molecule has 0 fully saturated rings. The van der Waals surface area contributed by atoms with Crippen LogP contribution in [0, 0.1) is 6.92 Å². The number of anilines is 1. The third-order valence-electron chi connectivity index (χ3n) is 2.42. The Morgan fingerprint density at radius 1 is 1.28 bits per heavy atom. The average molecular weight is 258 g/mol. The predicted molar refractivity (Wildman–Crippen MR) is 76.3 cm³/mol. The normalized spacial score (nSPS) is 9.83. The lowest BCUT2D eigenvalue weighted by Gasteiger charge is -2.11. The van der Waals surface area contributed by atoms with Crippen LogP contribution < -0.4 is 10.6 Å². The smallest absolute Gasteiger partial charge is 0.172 e. The van der Waals surface area contributed by atoms with E-state index in [1.54, 1.807) is 12.4 Å². The summed E-state index contributed by atoms with van der Waals surface area (Å²) in [5.41, 5.74) is 2.14. The van der Waals surface area contributed by atoms with Gasteiger partial charge in [-0.2, -0.15) is 0 Å². The summed E-state index contributed by atoms with van der Waals surface area (Å²) in [6.07, 6.45) is 5.29. The Balaban J connectivity index is 1.88. The van der Waals surface area contributed by atoms with Crippen molar-refractivity contribution in [2.24, 2.45) is 0 Å². The first-order valence-electron chi connectivity index (χ1n) is 5.61. The minimum atomic E-state index is 0.556. The second-order valence-electron chi connectivity index (χ2n) is 3.84. The number of nitrogens with one attached hydrogen (secondary N) is 2. The Labute approximate surface area is 111 Å². The molecule has 0 saturated heterocycles. The topological polar surface area (TPSA) is 49.8 Å². The van der Waals surface area contributed by atoms with Crippen molar-refractivity contribution >= 4 is 23.1 Å². The number of pyridine rings is 2. The Bertz CT molecular complexity index is 528. The van der Waals surface area contributed by atoms with Crippen molar-refractivity contribution in [1.82, 2.24) is 15.3 Å². The van der Waals surface area contributed by atoms with Gasteiger partial charge in [-0.05, 0) is 42.4 Å². The van der Waals surface area contributed by atoms with E-state index in [4.69, 9.17) is 12.2 Å².